The van der Waals surface area contributed by atoms with Crippen LogP contribution in [0.5, 0.6) is 0 Å². The average molecular weight is 1190 g/mol. The van der Waals surface area contributed by atoms with Crippen molar-refractivity contribution in [3.05, 3.63) is 235 Å². The van der Waals surface area contributed by atoms with Gasteiger partial charge >= 0.3 is 0 Å². The van der Waals surface area contributed by atoms with E-state index in [1.165, 1.54) is 11.1 Å². The van der Waals surface area contributed by atoms with Crippen LogP contribution in [0.15, 0.2) is 211 Å². The van der Waals surface area contributed by atoms with Gasteiger partial charge in [-0.05, 0) is 118 Å². The van der Waals surface area contributed by atoms with Gasteiger partial charge in [-0.3, -0.25) is 0 Å². The quantitative estimate of drug-likeness (QED) is 0.162. The van der Waals surface area contributed by atoms with Crippen LogP contribution in [0.2, 0.25) is 0 Å². The van der Waals surface area contributed by atoms with E-state index in [4.69, 9.17) is 9.40 Å². The van der Waals surface area contributed by atoms with Gasteiger partial charge in [-0.15, -0.1) is 29.1 Å². The molecule has 0 atom stereocenters. The Hall–Kier alpha value is -8.11. The van der Waals surface area contributed by atoms with Crippen molar-refractivity contribution >= 4 is 82.1 Å². The van der Waals surface area contributed by atoms with Crippen LogP contribution in [-0.4, -0.2) is 18.5 Å². The molecule has 12 aromatic rings. The van der Waals surface area contributed by atoms with E-state index < -0.39 is 0 Å². The van der Waals surface area contributed by atoms with Crippen LogP contribution in [0.3, 0.4) is 0 Å². The summed E-state index contributed by atoms with van der Waals surface area (Å²) in [6.07, 6.45) is 2.25. The molecule has 5 nitrogen and oxygen atoms in total. The molecule has 0 saturated heterocycles. The fourth-order valence-electron chi connectivity index (χ4n) is 11.2. The number of pyridine rings is 1. The molecule has 1 aliphatic rings. The first-order chi connectivity index (χ1) is 37.0. The van der Waals surface area contributed by atoms with Crippen molar-refractivity contribution in [2.75, 3.05) is 0 Å². The average Bonchev–Trinajstić information content (AvgIpc) is 4.19. The van der Waals surface area contributed by atoms with E-state index in [1.54, 1.807) is 0 Å². The molecule has 0 unspecified atom stereocenters. The molecule has 0 aliphatic carbocycles. The summed E-state index contributed by atoms with van der Waals surface area (Å²) in [4.78, 5) is 5.65. The molecule has 0 saturated carbocycles. The van der Waals surface area contributed by atoms with Gasteiger partial charge in [0, 0.05) is 49.5 Å². The van der Waals surface area contributed by atoms with Gasteiger partial charge in [0.25, 0.3) is 0 Å². The predicted octanol–water partition coefficient (Wildman–Crippen LogP) is 19.4. The summed E-state index contributed by atoms with van der Waals surface area (Å²) in [6, 6.07) is 80.5. The Bertz CT molecular complexity index is 4630. The molecule has 78 heavy (non-hydrogen) atoms. The molecule has 13 rings (SSSR count). The summed E-state index contributed by atoms with van der Waals surface area (Å²) in [6.45, 7) is 20.5. The Morgan fingerprint density at radius 2 is 1.09 bits per heavy atom. The Morgan fingerprint density at radius 3 is 1.86 bits per heavy atom. The molecule has 9 aromatic carbocycles. The minimum atomic E-state index is -0.219. The van der Waals surface area contributed by atoms with Crippen LogP contribution in [0.4, 0.5) is 0 Å². The number of imidazole rings is 1. The van der Waals surface area contributed by atoms with Crippen LogP contribution in [0.1, 0.15) is 79.0 Å². The second kappa shape index (κ2) is 19.1. The molecule has 4 heterocycles. The van der Waals surface area contributed by atoms with Crippen molar-refractivity contribution in [3.63, 3.8) is 0 Å². The molecule has 3 aromatic heterocycles. The molecule has 0 spiro atoms. The topological polar surface area (TPSA) is 40.3 Å². The predicted molar refractivity (Wildman–Crippen MR) is 324 cm³/mol. The minimum absolute atomic E-state index is 0. The van der Waals surface area contributed by atoms with E-state index in [9.17, 15) is 0 Å². The normalized spacial score (nSPS) is 12.3. The number of para-hydroxylation sites is 3. The van der Waals surface area contributed by atoms with Gasteiger partial charge in [-0.1, -0.05) is 219 Å². The zero-order valence-corrected chi connectivity index (χ0v) is 47.9. The maximum Gasteiger partial charge on any atom is 0.136 e. The Balaban J connectivity index is 0.00000609. The van der Waals surface area contributed by atoms with Crippen LogP contribution >= 0.6 is 0 Å². The number of benzene rings is 9. The Morgan fingerprint density at radius 1 is 0.436 bits per heavy atom. The first kappa shape index (κ1) is 50.7. The first-order valence-corrected chi connectivity index (χ1v) is 26.8. The zero-order valence-electron chi connectivity index (χ0n) is 45.6. The molecule has 0 amide bonds. The van der Waals surface area contributed by atoms with E-state index >= 15 is 0 Å². The number of nitrogens with zero attached hydrogens (tertiary/aromatic N) is 4. The summed E-state index contributed by atoms with van der Waals surface area (Å²) in [5, 5.41) is 7.69. The summed E-state index contributed by atoms with van der Waals surface area (Å²) in [7, 11) is 0. The van der Waals surface area contributed by atoms with Gasteiger partial charge in [0.05, 0.1) is 5.52 Å². The van der Waals surface area contributed by atoms with Gasteiger partial charge < -0.3 is 18.0 Å². The fraction of sp³-hybridized carbons (Fsp3) is 0.167. The largest absolute Gasteiger partial charge is 0.510 e. The van der Waals surface area contributed by atoms with Crippen molar-refractivity contribution in [3.8, 4) is 33.6 Å². The van der Waals surface area contributed by atoms with Crippen molar-refractivity contribution in [2.45, 2.75) is 78.6 Å². The Labute approximate surface area is 470 Å². The fourth-order valence-corrected chi connectivity index (χ4v) is 11.2. The Kier molecular flexibility index (Phi) is 12.4. The first-order valence-electron chi connectivity index (χ1n) is 26.8. The van der Waals surface area contributed by atoms with Crippen molar-refractivity contribution in [1.82, 2.24) is 18.5 Å². The minimum Gasteiger partial charge on any atom is -0.510 e. The molecular weight excluding hydrogens is 1130 g/mol. The van der Waals surface area contributed by atoms with Gasteiger partial charge in [0.2, 0.25) is 0 Å². The number of aromatic nitrogens is 4. The van der Waals surface area contributed by atoms with Crippen LogP contribution in [-0.2, 0) is 37.3 Å². The standard InChI is InChI=1S/C72H61N4O.Pt/c1-70(2,3)51-25-18-23-49(37-51)58-28-19-29-61-59-27-14-13-26-57(59)48-22-17-24-50(36-48)63-41-53(72(7,8)9)42-68(73-63)76-64-35-32-47(46-20-11-10-12-21-46)38-62(64)60-34-33-55(44-67(60)76)77-56-40-52(71(4,5)6)39-54(43-56)74-45-75(69(58)61)66-31-16-15-30-65(66)74;/h10-42,45H,1-9H3;/q-3;. The van der Waals surface area contributed by atoms with E-state index in [1.807, 2.05) is 6.07 Å². The molecule has 0 fully saturated rings. The maximum absolute atomic E-state index is 7.07. The molecular formula is C72H61N4OPt-3. The van der Waals surface area contributed by atoms with E-state index in [0.29, 0.717) is 11.2 Å². The number of hydrogen-bond acceptors (Lipinski definition) is 2. The van der Waals surface area contributed by atoms with Gasteiger partial charge in [0.1, 0.15) is 5.65 Å². The molecule has 388 valence electrons. The second-order valence-corrected chi connectivity index (χ2v) is 23.8. The van der Waals surface area contributed by atoms with Crippen molar-refractivity contribution in [1.29, 1.82) is 0 Å². The molecule has 1 aliphatic heterocycles. The third-order valence-electron chi connectivity index (χ3n) is 15.5. The molecule has 10 bridgehead atoms. The van der Waals surface area contributed by atoms with Crippen molar-refractivity contribution in [2.24, 2.45) is 0 Å². The van der Waals surface area contributed by atoms with Gasteiger partial charge in [-0.2, -0.15) is 23.8 Å². The number of rotatable bonds is 2. The maximum atomic E-state index is 7.07. The number of hydrogen-bond donors (Lipinski definition) is 0. The van der Waals surface area contributed by atoms with E-state index in [0.717, 1.165) is 110 Å². The third-order valence-corrected chi connectivity index (χ3v) is 15.5. The summed E-state index contributed by atoms with van der Waals surface area (Å²) in [5.41, 5.74) is 16.6. The van der Waals surface area contributed by atoms with Gasteiger partial charge in [0.15, 0.2) is 0 Å². The second-order valence-electron chi connectivity index (χ2n) is 23.8. The van der Waals surface area contributed by atoms with E-state index in [2.05, 4.69) is 288 Å². The van der Waals surface area contributed by atoms with Crippen LogP contribution < -0.4 is 0 Å². The molecule has 6 heteroatoms. The molecule has 0 radical (unpaired) electrons. The van der Waals surface area contributed by atoms with Gasteiger partial charge in [-0.25, -0.2) is 4.98 Å². The summed E-state index contributed by atoms with van der Waals surface area (Å²) in [5.74, 6) is 0. The SMILES string of the molecule is CC(C)(C)c1cccc(-c2cccc3c4ccccc4c4cccc(c4)c4cc(C(C)(C)C)cc(n4)n4c5[c-]c(ccc5c5cc(-c6ccccc6)ccc54)oc4[c-]c(cc(C(C)(C)C)c4)n4[cH-]n(c23)-c2ccccc2-4)c1.[Pt]. The van der Waals surface area contributed by atoms with Crippen LogP contribution in [0, 0.1) is 12.1 Å². The zero-order chi connectivity index (χ0) is 53.0. The summed E-state index contributed by atoms with van der Waals surface area (Å²) >= 11 is 0. The smallest absolute Gasteiger partial charge is 0.136 e. The third kappa shape index (κ3) is 8.98. The van der Waals surface area contributed by atoms with Crippen LogP contribution in [0.25, 0.3) is 116 Å². The van der Waals surface area contributed by atoms with Crippen molar-refractivity contribution < 1.29 is 25.5 Å². The number of fused-ring (bicyclic) bond motifs is 23. The summed E-state index contributed by atoms with van der Waals surface area (Å²) < 4.78 is 14.0. The monoisotopic (exact) mass is 1190 g/mol. The molecule has 0 N–H and O–H groups in total. The van der Waals surface area contributed by atoms with E-state index in [-0.39, 0.29) is 37.3 Å².